The van der Waals surface area contributed by atoms with Crippen molar-refractivity contribution in [2.75, 3.05) is 0 Å². The number of aromatic nitrogens is 5. The fourth-order valence-corrected chi connectivity index (χ4v) is 4.11. The summed E-state index contributed by atoms with van der Waals surface area (Å²) in [4.78, 5) is 42.9. The molecule has 3 heterocycles. The van der Waals surface area contributed by atoms with E-state index in [1.54, 1.807) is 18.4 Å². The number of hydrogen-bond acceptors (Lipinski definition) is 4. The molecule has 1 aromatic carbocycles. The standard InChI is InChI=1S/C22H25N5O3/c1-12-13(2)26-18-19(24(6)22(30)27(20(18)29)14(3)16(5)28)23-21(26)25(12)15(4)17-10-8-7-9-11-17/h7-11,14-15H,1-6H3. The van der Waals surface area contributed by atoms with Crippen LogP contribution in [0, 0.1) is 13.8 Å². The number of fused-ring (bicyclic) bond motifs is 3. The number of carbonyl (C=O) groups excluding carboxylic acids is 1. The van der Waals surface area contributed by atoms with Gasteiger partial charge in [0, 0.05) is 18.4 Å². The summed E-state index contributed by atoms with van der Waals surface area (Å²) in [7, 11) is 1.58. The second kappa shape index (κ2) is 6.83. The number of hydrogen-bond donors (Lipinski definition) is 0. The van der Waals surface area contributed by atoms with Gasteiger partial charge < -0.3 is 4.57 Å². The molecule has 0 aliphatic heterocycles. The van der Waals surface area contributed by atoms with Crippen LogP contribution >= 0.6 is 0 Å². The van der Waals surface area contributed by atoms with Crippen molar-refractivity contribution < 1.29 is 4.79 Å². The normalized spacial score (nSPS) is 13.8. The minimum Gasteiger partial charge on any atom is -0.307 e. The molecule has 0 amide bonds. The molecule has 30 heavy (non-hydrogen) atoms. The van der Waals surface area contributed by atoms with Crippen molar-refractivity contribution in [1.29, 1.82) is 0 Å². The summed E-state index contributed by atoms with van der Waals surface area (Å²) in [6.45, 7) is 8.95. The second-order valence-corrected chi connectivity index (χ2v) is 7.85. The van der Waals surface area contributed by atoms with E-state index in [0.717, 1.165) is 21.5 Å². The first-order chi connectivity index (χ1) is 14.2. The lowest BCUT2D eigenvalue weighted by Gasteiger charge is -2.16. The molecule has 0 saturated carbocycles. The first kappa shape index (κ1) is 19.9. The Hall–Kier alpha value is -3.42. The fourth-order valence-electron chi connectivity index (χ4n) is 4.11. The van der Waals surface area contributed by atoms with Gasteiger partial charge in [0.1, 0.15) is 0 Å². The highest BCUT2D eigenvalue weighted by Gasteiger charge is 2.26. The van der Waals surface area contributed by atoms with Gasteiger partial charge >= 0.3 is 5.69 Å². The molecule has 4 aromatic rings. The van der Waals surface area contributed by atoms with Gasteiger partial charge in [-0.1, -0.05) is 30.3 Å². The largest absolute Gasteiger partial charge is 0.333 e. The van der Waals surface area contributed by atoms with Gasteiger partial charge in [0.05, 0.1) is 12.1 Å². The van der Waals surface area contributed by atoms with Crippen LogP contribution in [0.1, 0.15) is 49.8 Å². The Bertz CT molecular complexity index is 1420. The van der Waals surface area contributed by atoms with Crippen LogP contribution in [0.25, 0.3) is 16.9 Å². The van der Waals surface area contributed by atoms with Gasteiger partial charge in [-0.2, -0.15) is 4.98 Å². The van der Waals surface area contributed by atoms with Crippen LogP contribution in [-0.2, 0) is 11.8 Å². The maximum Gasteiger partial charge on any atom is 0.333 e. The van der Waals surface area contributed by atoms with E-state index in [1.807, 2.05) is 32.0 Å². The molecule has 0 bridgehead atoms. The summed E-state index contributed by atoms with van der Waals surface area (Å²) in [6.07, 6.45) is 0. The van der Waals surface area contributed by atoms with Gasteiger partial charge in [0.2, 0.25) is 5.78 Å². The summed E-state index contributed by atoms with van der Waals surface area (Å²) in [6, 6.07) is 9.18. The van der Waals surface area contributed by atoms with E-state index in [9.17, 15) is 14.4 Å². The highest BCUT2D eigenvalue weighted by molar-refractivity contribution is 5.81. The molecule has 0 fully saturated rings. The van der Waals surface area contributed by atoms with Crippen molar-refractivity contribution in [3.05, 3.63) is 68.1 Å². The molecule has 2 unspecified atom stereocenters. The molecule has 0 saturated heterocycles. The van der Waals surface area contributed by atoms with E-state index in [2.05, 4.69) is 23.6 Å². The predicted octanol–water partition coefficient (Wildman–Crippen LogP) is 2.53. The molecule has 0 spiro atoms. The molecule has 4 rings (SSSR count). The SMILES string of the molecule is CC(=O)C(C)n1c(=O)c2c(nc3n(C(C)c4ccccc4)c(C)c(C)n23)n(C)c1=O. The van der Waals surface area contributed by atoms with Gasteiger partial charge in [-0.25, -0.2) is 9.36 Å². The minimum atomic E-state index is -0.849. The number of ketones is 1. The first-order valence-corrected chi connectivity index (χ1v) is 9.93. The van der Waals surface area contributed by atoms with Crippen molar-refractivity contribution in [3.8, 4) is 0 Å². The monoisotopic (exact) mass is 407 g/mol. The lowest BCUT2D eigenvalue weighted by molar-refractivity contribution is -0.119. The van der Waals surface area contributed by atoms with Gasteiger partial charge in [0.15, 0.2) is 16.9 Å². The van der Waals surface area contributed by atoms with Gasteiger partial charge in [-0.15, -0.1) is 0 Å². The zero-order valence-corrected chi connectivity index (χ0v) is 18.0. The van der Waals surface area contributed by atoms with Crippen molar-refractivity contribution in [3.63, 3.8) is 0 Å². The Morgan fingerprint density at radius 2 is 1.63 bits per heavy atom. The molecule has 8 heteroatoms. The average molecular weight is 407 g/mol. The van der Waals surface area contributed by atoms with Crippen molar-refractivity contribution in [2.45, 2.75) is 46.7 Å². The molecule has 0 aliphatic rings. The highest BCUT2D eigenvalue weighted by atomic mass is 16.2. The summed E-state index contributed by atoms with van der Waals surface area (Å²) in [5, 5.41) is 0. The lowest BCUT2D eigenvalue weighted by atomic mass is 10.1. The number of rotatable bonds is 4. The van der Waals surface area contributed by atoms with Crippen LogP contribution in [0.5, 0.6) is 0 Å². The summed E-state index contributed by atoms with van der Waals surface area (Å²) in [5.74, 6) is 0.342. The summed E-state index contributed by atoms with van der Waals surface area (Å²) in [5.41, 5.74) is 2.53. The molecule has 8 nitrogen and oxygen atoms in total. The third-order valence-corrected chi connectivity index (χ3v) is 6.15. The van der Waals surface area contributed by atoms with Gasteiger partial charge in [-0.05, 0) is 40.2 Å². The van der Waals surface area contributed by atoms with Crippen molar-refractivity contribution >= 4 is 22.7 Å². The number of nitrogens with zero attached hydrogens (tertiary/aromatic N) is 5. The topological polar surface area (TPSA) is 83.3 Å². The average Bonchev–Trinajstić information content (AvgIpc) is 3.22. The Kier molecular flexibility index (Phi) is 4.52. The van der Waals surface area contributed by atoms with Gasteiger partial charge in [-0.3, -0.25) is 18.6 Å². The zero-order valence-electron chi connectivity index (χ0n) is 18.0. The molecular formula is C22H25N5O3. The van der Waals surface area contributed by atoms with Crippen LogP contribution in [0.2, 0.25) is 0 Å². The summed E-state index contributed by atoms with van der Waals surface area (Å²) >= 11 is 0. The van der Waals surface area contributed by atoms with E-state index < -0.39 is 17.3 Å². The molecule has 3 aromatic heterocycles. The van der Waals surface area contributed by atoms with E-state index in [4.69, 9.17) is 4.98 Å². The Balaban J connectivity index is 2.13. The predicted molar refractivity (Wildman–Crippen MR) is 115 cm³/mol. The van der Waals surface area contributed by atoms with Crippen LogP contribution < -0.4 is 11.2 Å². The molecule has 2 atom stereocenters. The van der Waals surface area contributed by atoms with E-state index >= 15 is 0 Å². The van der Waals surface area contributed by atoms with E-state index in [-0.39, 0.29) is 11.8 Å². The number of imidazole rings is 2. The van der Waals surface area contributed by atoms with E-state index in [0.29, 0.717) is 16.9 Å². The fraction of sp³-hybridized carbons (Fsp3) is 0.364. The number of aryl methyl sites for hydroxylation is 2. The molecule has 0 radical (unpaired) electrons. The number of benzene rings is 1. The third-order valence-electron chi connectivity index (χ3n) is 6.15. The van der Waals surface area contributed by atoms with Crippen molar-refractivity contribution in [1.82, 2.24) is 23.1 Å². The first-order valence-electron chi connectivity index (χ1n) is 9.93. The summed E-state index contributed by atoms with van der Waals surface area (Å²) < 4.78 is 6.24. The molecular weight excluding hydrogens is 382 g/mol. The zero-order chi connectivity index (χ0) is 21.9. The lowest BCUT2D eigenvalue weighted by Crippen LogP contribution is -2.42. The number of carbonyl (C=O) groups is 1. The molecule has 156 valence electrons. The minimum absolute atomic E-state index is 0.0189. The maximum absolute atomic E-state index is 13.4. The van der Waals surface area contributed by atoms with Crippen LogP contribution in [0.15, 0.2) is 39.9 Å². The Morgan fingerprint density at radius 1 is 1.00 bits per heavy atom. The molecule has 0 N–H and O–H groups in total. The van der Waals surface area contributed by atoms with Crippen LogP contribution in [0.3, 0.4) is 0 Å². The number of Topliss-reactive ketones (excluding diaryl/α,β-unsaturated/α-hetero) is 1. The van der Waals surface area contributed by atoms with Crippen molar-refractivity contribution in [2.24, 2.45) is 7.05 Å². The second-order valence-electron chi connectivity index (χ2n) is 7.85. The van der Waals surface area contributed by atoms with Crippen LogP contribution in [-0.4, -0.2) is 28.9 Å². The third kappa shape index (κ3) is 2.59. The maximum atomic E-state index is 13.4. The molecule has 0 aliphatic carbocycles. The van der Waals surface area contributed by atoms with Crippen LogP contribution in [0.4, 0.5) is 0 Å². The quantitative estimate of drug-likeness (QED) is 0.520. The highest BCUT2D eigenvalue weighted by Crippen LogP contribution is 2.28. The van der Waals surface area contributed by atoms with Gasteiger partial charge in [0.25, 0.3) is 5.56 Å². The Morgan fingerprint density at radius 3 is 2.23 bits per heavy atom. The Labute approximate surface area is 173 Å². The smallest absolute Gasteiger partial charge is 0.307 e. The van der Waals surface area contributed by atoms with E-state index in [1.165, 1.54) is 11.5 Å².